The number of allylic oxidation sites excluding steroid dienone is 1. The number of carbonyl (C=O) groups is 2. The maximum absolute atomic E-state index is 11.5. The van der Waals surface area contributed by atoms with Crippen molar-refractivity contribution in [2.45, 2.75) is 26.4 Å². The fraction of sp³-hybridized carbons (Fsp3) is 0.286. The highest BCUT2D eigenvalue weighted by atomic mass is 16.6. The molecule has 1 amide bonds. The average molecular weight is 263 g/mol. The number of aromatic hydroxyl groups is 1. The summed E-state index contributed by atoms with van der Waals surface area (Å²) in [6, 6.07) is 4.63. The second-order valence-corrected chi connectivity index (χ2v) is 4.90. The maximum atomic E-state index is 11.5. The van der Waals surface area contributed by atoms with Gasteiger partial charge in [-0.15, -0.1) is 0 Å². The van der Waals surface area contributed by atoms with Crippen LogP contribution in [0.4, 0.5) is 10.5 Å². The predicted molar refractivity (Wildman–Crippen MR) is 73.1 cm³/mol. The Morgan fingerprint density at radius 2 is 2.05 bits per heavy atom. The molecule has 5 nitrogen and oxygen atoms in total. The van der Waals surface area contributed by atoms with Gasteiger partial charge in [0.2, 0.25) is 0 Å². The van der Waals surface area contributed by atoms with Crippen molar-refractivity contribution < 1.29 is 19.4 Å². The molecule has 19 heavy (non-hydrogen) atoms. The number of hydrogen-bond donors (Lipinski definition) is 2. The molecule has 0 aliphatic carbocycles. The molecule has 0 bridgehead atoms. The summed E-state index contributed by atoms with van der Waals surface area (Å²) >= 11 is 0. The van der Waals surface area contributed by atoms with Crippen molar-refractivity contribution in [3.05, 3.63) is 29.8 Å². The van der Waals surface area contributed by atoms with Gasteiger partial charge in [-0.25, -0.2) is 4.79 Å². The molecular formula is C14H17NO4. The van der Waals surface area contributed by atoms with Crippen LogP contribution in [0.2, 0.25) is 0 Å². The third-order valence-corrected chi connectivity index (χ3v) is 2.02. The van der Waals surface area contributed by atoms with E-state index in [0.717, 1.165) is 0 Å². The van der Waals surface area contributed by atoms with Crippen LogP contribution >= 0.6 is 0 Å². The molecule has 0 aliphatic rings. The van der Waals surface area contributed by atoms with Crippen LogP contribution in [0.5, 0.6) is 5.75 Å². The molecule has 0 saturated heterocycles. The Morgan fingerprint density at radius 3 is 2.58 bits per heavy atom. The zero-order valence-electron chi connectivity index (χ0n) is 11.1. The quantitative estimate of drug-likeness (QED) is 0.499. The van der Waals surface area contributed by atoms with Crippen LogP contribution in [0, 0.1) is 0 Å². The summed E-state index contributed by atoms with van der Waals surface area (Å²) in [6.07, 6.45) is 2.86. The van der Waals surface area contributed by atoms with Crippen LogP contribution < -0.4 is 5.32 Å². The number of aldehydes is 1. The number of anilines is 1. The minimum Gasteiger partial charge on any atom is -0.506 e. The maximum Gasteiger partial charge on any atom is 0.412 e. The molecule has 0 unspecified atom stereocenters. The molecule has 0 atom stereocenters. The number of carbonyl (C=O) groups excluding carboxylic acids is 2. The molecule has 0 radical (unpaired) electrons. The number of nitrogens with one attached hydrogen (secondary N) is 1. The first-order chi connectivity index (χ1) is 8.81. The van der Waals surface area contributed by atoms with Gasteiger partial charge in [-0.05, 0) is 44.5 Å². The Labute approximate surface area is 111 Å². The smallest absolute Gasteiger partial charge is 0.412 e. The lowest BCUT2D eigenvalue weighted by Crippen LogP contribution is -2.27. The van der Waals surface area contributed by atoms with E-state index in [1.807, 2.05) is 0 Å². The summed E-state index contributed by atoms with van der Waals surface area (Å²) in [5.74, 6) is -0.0982. The molecule has 5 heteroatoms. The third-order valence-electron chi connectivity index (χ3n) is 2.02. The van der Waals surface area contributed by atoms with Gasteiger partial charge in [-0.1, -0.05) is 12.1 Å². The van der Waals surface area contributed by atoms with Gasteiger partial charge in [-0.2, -0.15) is 0 Å². The number of amides is 1. The van der Waals surface area contributed by atoms with Crippen molar-refractivity contribution in [2.75, 3.05) is 5.32 Å². The standard InChI is InChI=1S/C14H17NO4/c1-14(2,3)19-13(18)15-11-7-6-10(5-4-8-16)9-12(11)17/h4-9,17H,1-3H3,(H,15,18)/b5-4+. The average Bonchev–Trinajstić information content (AvgIpc) is 2.27. The number of rotatable bonds is 3. The van der Waals surface area contributed by atoms with Crippen molar-refractivity contribution in [1.29, 1.82) is 0 Å². The van der Waals surface area contributed by atoms with Gasteiger partial charge < -0.3 is 9.84 Å². The lowest BCUT2D eigenvalue weighted by molar-refractivity contribution is -0.104. The summed E-state index contributed by atoms with van der Waals surface area (Å²) in [6.45, 7) is 5.25. The van der Waals surface area contributed by atoms with Crippen molar-refractivity contribution in [2.24, 2.45) is 0 Å². The topological polar surface area (TPSA) is 75.6 Å². The monoisotopic (exact) mass is 263 g/mol. The molecular weight excluding hydrogens is 246 g/mol. The van der Waals surface area contributed by atoms with Gasteiger partial charge in [-0.3, -0.25) is 10.1 Å². The minimum atomic E-state index is -0.640. The van der Waals surface area contributed by atoms with E-state index in [0.29, 0.717) is 11.8 Å². The normalized spacial score (nSPS) is 11.3. The van der Waals surface area contributed by atoms with Crippen molar-refractivity contribution >= 4 is 24.1 Å². The van der Waals surface area contributed by atoms with Gasteiger partial charge in [0.05, 0.1) is 5.69 Å². The van der Waals surface area contributed by atoms with E-state index >= 15 is 0 Å². The first-order valence-electron chi connectivity index (χ1n) is 5.77. The van der Waals surface area contributed by atoms with Crippen molar-refractivity contribution in [1.82, 2.24) is 0 Å². The molecule has 1 aromatic carbocycles. The van der Waals surface area contributed by atoms with Crippen LogP contribution in [-0.4, -0.2) is 23.1 Å². The molecule has 102 valence electrons. The van der Waals surface area contributed by atoms with Crippen LogP contribution in [0.1, 0.15) is 26.3 Å². The summed E-state index contributed by atoms with van der Waals surface area (Å²) in [7, 11) is 0. The van der Waals surface area contributed by atoms with Gasteiger partial charge in [0.15, 0.2) is 0 Å². The Bertz CT molecular complexity index is 501. The van der Waals surface area contributed by atoms with E-state index in [4.69, 9.17) is 4.74 Å². The fourth-order valence-corrected chi connectivity index (χ4v) is 1.32. The molecule has 1 rings (SSSR count). The molecule has 0 aromatic heterocycles. The Balaban J connectivity index is 2.77. The molecule has 0 aliphatic heterocycles. The molecule has 2 N–H and O–H groups in total. The van der Waals surface area contributed by atoms with Gasteiger partial charge in [0.1, 0.15) is 17.6 Å². The molecule has 0 spiro atoms. The van der Waals surface area contributed by atoms with Crippen molar-refractivity contribution in [3.8, 4) is 5.75 Å². The summed E-state index contributed by atoms with van der Waals surface area (Å²) < 4.78 is 5.07. The van der Waals surface area contributed by atoms with E-state index in [1.54, 1.807) is 32.9 Å². The van der Waals surface area contributed by atoms with Gasteiger partial charge in [0.25, 0.3) is 0 Å². The summed E-state index contributed by atoms with van der Waals surface area (Å²) in [5, 5.41) is 12.2. The van der Waals surface area contributed by atoms with E-state index < -0.39 is 11.7 Å². The second kappa shape index (κ2) is 6.04. The first kappa shape index (κ1) is 14.8. The number of hydrogen-bond acceptors (Lipinski definition) is 4. The minimum absolute atomic E-state index is 0.0982. The highest BCUT2D eigenvalue weighted by Gasteiger charge is 2.17. The Kier molecular flexibility index (Phi) is 4.69. The predicted octanol–water partition coefficient (Wildman–Crippen LogP) is 2.95. The number of benzene rings is 1. The molecule has 0 saturated carbocycles. The molecule has 1 aromatic rings. The van der Waals surface area contributed by atoms with Crippen LogP contribution in [0.15, 0.2) is 24.3 Å². The number of phenols is 1. The lowest BCUT2D eigenvalue weighted by Gasteiger charge is -2.20. The molecule has 0 heterocycles. The molecule has 0 fully saturated rings. The Hall–Kier alpha value is -2.30. The van der Waals surface area contributed by atoms with E-state index in [-0.39, 0.29) is 11.4 Å². The van der Waals surface area contributed by atoms with E-state index in [1.165, 1.54) is 18.2 Å². The Morgan fingerprint density at radius 1 is 1.37 bits per heavy atom. The van der Waals surface area contributed by atoms with Gasteiger partial charge in [0, 0.05) is 0 Å². The third kappa shape index (κ3) is 5.25. The number of ether oxygens (including phenoxy) is 1. The van der Waals surface area contributed by atoms with E-state index in [2.05, 4.69) is 5.32 Å². The van der Waals surface area contributed by atoms with Crippen LogP contribution in [0.3, 0.4) is 0 Å². The number of phenolic OH excluding ortho intramolecular Hbond substituents is 1. The first-order valence-corrected chi connectivity index (χ1v) is 5.77. The SMILES string of the molecule is CC(C)(C)OC(=O)Nc1ccc(/C=C/C=O)cc1O. The van der Waals surface area contributed by atoms with Gasteiger partial charge >= 0.3 is 6.09 Å². The largest absolute Gasteiger partial charge is 0.506 e. The lowest BCUT2D eigenvalue weighted by atomic mass is 10.1. The zero-order chi connectivity index (χ0) is 14.5. The summed E-state index contributed by atoms with van der Waals surface area (Å²) in [4.78, 5) is 21.7. The highest BCUT2D eigenvalue weighted by Crippen LogP contribution is 2.25. The van der Waals surface area contributed by atoms with E-state index in [9.17, 15) is 14.7 Å². The highest BCUT2D eigenvalue weighted by molar-refractivity contribution is 5.87. The fourth-order valence-electron chi connectivity index (χ4n) is 1.32. The second-order valence-electron chi connectivity index (χ2n) is 4.90. The van der Waals surface area contributed by atoms with Crippen LogP contribution in [-0.2, 0) is 9.53 Å². The van der Waals surface area contributed by atoms with Crippen molar-refractivity contribution in [3.63, 3.8) is 0 Å². The van der Waals surface area contributed by atoms with Crippen LogP contribution in [0.25, 0.3) is 6.08 Å². The summed E-state index contributed by atoms with van der Waals surface area (Å²) in [5.41, 5.74) is 0.295. The zero-order valence-corrected chi connectivity index (χ0v) is 11.1.